The zero-order valence-corrected chi connectivity index (χ0v) is 12.6. The van der Waals surface area contributed by atoms with Crippen LogP contribution in [0, 0.1) is 0 Å². The van der Waals surface area contributed by atoms with Crippen molar-refractivity contribution in [2.45, 2.75) is 25.8 Å². The zero-order valence-electron chi connectivity index (χ0n) is 11.9. The van der Waals surface area contributed by atoms with Gasteiger partial charge in [0, 0.05) is 25.8 Å². The first-order valence-electron chi connectivity index (χ1n) is 6.88. The van der Waals surface area contributed by atoms with Gasteiger partial charge in [0.25, 0.3) is 5.91 Å². The molecule has 0 saturated carbocycles. The largest absolute Gasteiger partial charge is 0.379 e. The molecule has 6 heteroatoms. The van der Waals surface area contributed by atoms with Crippen LogP contribution >= 0.6 is 11.6 Å². The van der Waals surface area contributed by atoms with E-state index in [0.717, 1.165) is 19.4 Å². The summed E-state index contributed by atoms with van der Waals surface area (Å²) in [5, 5.41) is 3.47. The average Bonchev–Trinajstić information content (AvgIpc) is 2.97. The lowest BCUT2D eigenvalue weighted by atomic mass is 10.1. The quantitative estimate of drug-likeness (QED) is 0.848. The zero-order chi connectivity index (χ0) is 14.5. The Bertz CT molecular complexity index is 475. The van der Waals surface area contributed by atoms with Crippen LogP contribution in [-0.4, -0.2) is 48.6 Å². The van der Waals surface area contributed by atoms with E-state index in [0.29, 0.717) is 29.7 Å². The maximum atomic E-state index is 12.5. The summed E-state index contributed by atoms with van der Waals surface area (Å²) >= 11 is 5.99. The van der Waals surface area contributed by atoms with Crippen molar-refractivity contribution in [1.82, 2.24) is 9.88 Å². The van der Waals surface area contributed by atoms with E-state index in [1.165, 1.54) is 0 Å². The predicted molar refractivity (Wildman–Crippen MR) is 79.3 cm³/mol. The summed E-state index contributed by atoms with van der Waals surface area (Å²) in [5.74, 6) is 0.586. The molecule has 1 unspecified atom stereocenters. The fourth-order valence-corrected chi connectivity index (χ4v) is 2.37. The summed E-state index contributed by atoms with van der Waals surface area (Å²) in [6, 6.07) is 3.49. The van der Waals surface area contributed by atoms with Crippen molar-refractivity contribution < 1.29 is 9.53 Å². The minimum Gasteiger partial charge on any atom is -0.379 e. The number of ether oxygens (including phenoxy) is 1. The van der Waals surface area contributed by atoms with Gasteiger partial charge in [-0.15, -0.1) is 0 Å². The standard InChI is InChI=1S/C14H20ClN3O2/c1-3-5-16-13-8-10(7-12(15)17-13)14(19)18(2)11-4-6-20-9-11/h7-8,11H,3-6,9H2,1-2H3,(H,16,17). The fraction of sp³-hybridized carbons (Fsp3) is 0.571. The van der Waals surface area contributed by atoms with Gasteiger partial charge in [0.05, 0.1) is 12.6 Å². The Morgan fingerprint density at radius 3 is 3.05 bits per heavy atom. The molecule has 0 spiro atoms. The van der Waals surface area contributed by atoms with Crippen molar-refractivity contribution in [3.63, 3.8) is 0 Å². The van der Waals surface area contributed by atoms with E-state index in [1.54, 1.807) is 24.1 Å². The fourth-order valence-electron chi connectivity index (χ4n) is 2.16. The molecule has 1 N–H and O–H groups in total. The third-order valence-electron chi connectivity index (χ3n) is 3.37. The van der Waals surface area contributed by atoms with E-state index < -0.39 is 0 Å². The van der Waals surface area contributed by atoms with E-state index in [9.17, 15) is 4.79 Å². The molecule has 1 aliphatic rings. The maximum absolute atomic E-state index is 12.5. The summed E-state index contributed by atoms with van der Waals surface area (Å²) in [6.07, 6.45) is 1.86. The lowest BCUT2D eigenvalue weighted by Gasteiger charge is -2.23. The van der Waals surface area contributed by atoms with Crippen LogP contribution < -0.4 is 5.32 Å². The topological polar surface area (TPSA) is 54.5 Å². The molecule has 1 saturated heterocycles. The number of nitrogens with one attached hydrogen (secondary N) is 1. The van der Waals surface area contributed by atoms with Gasteiger partial charge in [0.2, 0.25) is 0 Å². The highest BCUT2D eigenvalue weighted by atomic mass is 35.5. The van der Waals surface area contributed by atoms with E-state index in [2.05, 4.69) is 17.2 Å². The number of amides is 1. The number of hydrogen-bond acceptors (Lipinski definition) is 4. The third kappa shape index (κ3) is 3.61. The molecule has 5 nitrogen and oxygen atoms in total. The first kappa shape index (κ1) is 15.1. The third-order valence-corrected chi connectivity index (χ3v) is 3.56. The number of aromatic nitrogens is 1. The smallest absolute Gasteiger partial charge is 0.254 e. The Morgan fingerprint density at radius 1 is 1.60 bits per heavy atom. The Labute approximate surface area is 124 Å². The van der Waals surface area contributed by atoms with Gasteiger partial charge in [0.15, 0.2) is 0 Å². The molecule has 1 aromatic rings. The average molecular weight is 298 g/mol. The number of anilines is 1. The van der Waals surface area contributed by atoms with Gasteiger partial charge in [-0.3, -0.25) is 4.79 Å². The molecule has 2 rings (SSSR count). The Morgan fingerprint density at radius 2 is 2.40 bits per heavy atom. The number of pyridine rings is 1. The molecule has 0 aromatic carbocycles. The summed E-state index contributed by atoms with van der Waals surface area (Å²) in [6.45, 7) is 4.18. The van der Waals surface area contributed by atoms with Crippen molar-refractivity contribution in [3.05, 3.63) is 22.8 Å². The molecule has 0 radical (unpaired) electrons. The number of nitrogens with zero attached hydrogens (tertiary/aromatic N) is 2. The van der Waals surface area contributed by atoms with Crippen LogP contribution in [0.5, 0.6) is 0 Å². The Kier molecular flexibility index (Phi) is 5.20. The van der Waals surface area contributed by atoms with Crippen molar-refractivity contribution >= 4 is 23.3 Å². The maximum Gasteiger partial charge on any atom is 0.254 e. The molecule has 1 aromatic heterocycles. The highest BCUT2D eigenvalue weighted by Crippen LogP contribution is 2.19. The van der Waals surface area contributed by atoms with Crippen LogP contribution in [0.25, 0.3) is 0 Å². The normalized spacial score (nSPS) is 18.1. The molecule has 110 valence electrons. The first-order valence-corrected chi connectivity index (χ1v) is 7.26. The van der Waals surface area contributed by atoms with E-state index in [4.69, 9.17) is 16.3 Å². The lowest BCUT2D eigenvalue weighted by molar-refractivity contribution is 0.0711. The van der Waals surface area contributed by atoms with Gasteiger partial charge in [-0.1, -0.05) is 18.5 Å². The van der Waals surface area contributed by atoms with Gasteiger partial charge in [-0.2, -0.15) is 0 Å². The van der Waals surface area contributed by atoms with Gasteiger partial charge in [0.1, 0.15) is 11.0 Å². The molecule has 1 aliphatic heterocycles. The number of likely N-dealkylation sites (N-methyl/N-ethyl adjacent to an activating group) is 1. The molecular formula is C14H20ClN3O2. The van der Waals surface area contributed by atoms with Crippen LogP contribution in [0.3, 0.4) is 0 Å². The Hall–Kier alpha value is -1.33. The van der Waals surface area contributed by atoms with Crippen molar-refractivity contribution in [2.75, 3.05) is 32.1 Å². The summed E-state index contributed by atoms with van der Waals surface area (Å²) in [4.78, 5) is 18.4. The molecule has 2 heterocycles. The second kappa shape index (κ2) is 6.90. The SMILES string of the molecule is CCCNc1cc(C(=O)N(C)C2CCOC2)cc(Cl)n1. The summed E-state index contributed by atoms with van der Waals surface area (Å²) in [7, 11) is 1.80. The number of rotatable bonds is 5. The highest BCUT2D eigenvalue weighted by Gasteiger charge is 2.25. The molecule has 0 aliphatic carbocycles. The van der Waals surface area contributed by atoms with Gasteiger partial charge >= 0.3 is 0 Å². The van der Waals surface area contributed by atoms with Crippen LogP contribution in [0.4, 0.5) is 5.82 Å². The monoisotopic (exact) mass is 297 g/mol. The van der Waals surface area contributed by atoms with Crippen molar-refractivity contribution in [3.8, 4) is 0 Å². The molecule has 0 bridgehead atoms. The minimum atomic E-state index is -0.0515. The summed E-state index contributed by atoms with van der Waals surface area (Å²) in [5.41, 5.74) is 0.554. The second-order valence-electron chi connectivity index (χ2n) is 4.92. The number of carbonyl (C=O) groups is 1. The van der Waals surface area contributed by atoms with Gasteiger partial charge < -0.3 is 15.0 Å². The van der Waals surface area contributed by atoms with Crippen LogP contribution in [0.1, 0.15) is 30.1 Å². The molecule has 1 fully saturated rings. The van der Waals surface area contributed by atoms with E-state index >= 15 is 0 Å². The van der Waals surface area contributed by atoms with Crippen LogP contribution in [-0.2, 0) is 4.74 Å². The van der Waals surface area contributed by atoms with Crippen LogP contribution in [0.2, 0.25) is 5.15 Å². The van der Waals surface area contributed by atoms with Crippen molar-refractivity contribution in [1.29, 1.82) is 0 Å². The first-order chi connectivity index (χ1) is 9.61. The number of hydrogen-bond donors (Lipinski definition) is 1. The highest BCUT2D eigenvalue weighted by molar-refractivity contribution is 6.29. The number of carbonyl (C=O) groups excluding carboxylic acids is 1. The number of halogens is 1. The van der Waals surface area contributed by atoms with E-state index in [-0.39, 0.29) is 11.9 Å². The molecule has 1 amide bonds. The summed E-state index contributed by atoms with van der Waals surface area (Å²) < 4.78 is 5.32. The molecular weight excluding hydrogens is 278 g/mol. The predicted octanol–water partition coefficient (Wildman–Crippen LogP) is 2.42. The van der Waals surface area contributed by atoms with Gasteiger partial charge in [-0.25, -0.2) is 4.98 Å². The lowest BCUT2D eigenvalue weighted by Crippen LogP contribution is -2.37. The minimum absolute atomic E-state index is 0.0515. The van der Waals surface area contributed by atoms with Crippen LogP contribution in [0.15, 0.2) is 12.1 Å². The van der Waals surface area contributed by atoms with E-state index in [1.807, 2.05) is 0 Å². The van der Waals surface area contributed by atoms with Gasteiger partial charge in [-0.05, 0) is 25.0 Å². The molecule has 20 heavy (non-hydrogen) atoms. The second-order valence-corrected chi connectivity index (χ2v) is 5.31. The molecule has 1 atom stereocenters. The van der Waals surface area contributed by atoms with Crippen molar-refractivity contribution in [2.24, 2.45) is 0 Å². The Balaban J connectivity index is 2.13.